The Bertz CT molecular complexity index is 1100. The molecule has 0 fully saturated rings. The molecule has 2 N–H and O–H groups in total. The average molecular weight is 442 g/mol. The lowest BCUT2D eigenvalue weighted by molar-refractivity contribution is -0.160. The average Bonchev–Trinajstić information content (AvgIpc) is 3.02. The lowest BCUT2D eigenvalue weighted by Gasteiger charge is -2.30. The van der Waals surface area contributed by atoms with Crippen LogP contribution in [0.2, 0.25) is 0 Å². The van der Waals surface area contributed by atoms with Gasteiger partial charge in [0.25, 0.3) is 0 Å². The Balaban J connectivity index is 2.04. The molecule has 1 unspecified atom stereocenters. The quantitative estimate of drug-likeness (QED) is 0.582. The largest absolute Gasteiger partial charge is 0.512 e. The molecule has 4 rings (SSSR count). The van der Waals surface area contributed by atoms with Crippen LogP contribution < -0.4 is 0 Å². The highest BCUT2D eigenvalue weighted by atomic mass is 32.1. The van der Waals surface area contributed by atoms with E-state index < -0.39 is 17.7 Å². The van der Waals surface area contributed by atoms with E-state index in [9.17, 15) is 15.0 Å². The van der Waals surface area contributed by atoms with E-state index in [0.29, 0.717) is 17.7 Å². The normalized spacial score (nSPS) is 20.2. The number of aliphatic carboxylic acids is 1. The van der Waals surface area contributed by atoms with Gasteiger partial charge >= 0.3 is 5.97 Å². The summed E-state index contributed by atoms with van der Waals surface area (Å²) in [4.78, 5) is 19.6. The summed E-state index contributed by atoms with van der Waals surface area (Å²) in [7, 11) is 0. The molecule has 5 nitrogen and oxygen atoms in total. The zero-order chi connectivity index (χ0) is 22.5. The molecule has 2 aromatic heterocycles. The number of hydrogen-bond acceptors (Lipinski definition) is 5. The summed E-state index contributed by atoms with van der Waals surface area (Å²) in [6.07, 6.45) is 7.68. The predicted octanol–water partition coefficient (Wildman–Crippen LogP) is 6.30. The number of aromatic nitrogens is 1. The van der Waals surface area contributed by atoms with Crippen molar-refractivity contribution in [2.45, 2.75) is 84.3 Å². The Morgan fingerprint density at radius 2 is 1.97 bits per heavy atom. The van der Waals surface area contributed by atoms with E-state index in [0.717, 1.165) is 40.6 Å². The maximum Gasteiger partial charge on any atom is 0.337 e. The van der Waals surface area contributed by atoms with Crippen molar-refractivity contribution in [3.8, 4) is 0 Å². The standard InChI is InChI=1S/C25H31NO4S/c1-13-10-11-15(17(27)12-13)20-19(22(24(28)29)30-25(3,4)5)14(2)26-23-21(20)16-8-6-7-9-18(16)31-23/h10,12,15,22,27H,6-9,11H2,1-5H3,(H,28,29)/t15?,22-/m0/s1. The molecule has 2 heterocycles. The number of allylic oxidation sites excluding steroid dienone is 4. The van der Waals surface area contributed by atoms with Crippen molar-refractivity contribution in [1.29, 1.82) is 0 Å². The van der Waals surface area contributed by atoms with Gasteiger partial charge in [0.05, 0.1) is 5.60 Å². The molecule has 0 saturated heterocycles. The van der Waals surface area contributed by atoms with Gasteiger partial charge in [-0.2, -0.15) is 0 Å². The maximum absolute atomic E-state index is 12.4. The fourth-order valence-corrected chi connectivity index (χ4v) is 6.14. The van der Waals surface area contributed by atoms with Crippen molar-refractivity contribution in [3.63, 3.8) is 0 Å². The third kappa shape index (κ3) is 4.15. The van der Waals surface area contributed by atoms with Crippen LogP contribution in [-0.2, 0) is 22.4 Å². The molecule has 0 aliphatic heterocycles. The number of aliphatic hydroxyl groups is 1. The molecule has 0 radical (unpaired) electrons. The van der Waals surface area contributed by atoms with Crippen LogP contribution in [0.1, 0.15) is 86.2 Å². The van der Waals surface area contributed by atoms with Crippen LogP contribution in [0.4, 0.5) is 0 Å². The third-order valence-electron chi connectivity index (χ3n) is 6.09. The van der Waals surface area contributed by atoms with E-state index >= 15 is 0 Å². The van der Waals surface area contributed by atoms with Crippen LogP contribution in [0.5, 0.6) is 0 Å². The second-order valence-electron chi connectivity index (χ2n) is 9.67. The summed E-state index contributed by atoms with van der Waals surface area (Å²) in [5.41, 5.74) is 3.81. The number of pyridine rings is 1. The van der Waals surface area contributed by atoms with Crippen LogP contribution in [0.15, 0.2) is 23.5 Å². The lowest BCUT2D eigenvalue weighted by Crippen LogP contribution is -2.29. The van der Waals surface area contributed by atoms with E-state index in [1.807, 2.05) is 34.6 Å². The maximum atomic E-state index is 12.4. The lowest BCUT2D eigenvalue weighted by atomic mass is 9.80. The summed E-state index contributed by atoms with van der Waals surface area (Å²) in [6.45, 7) is 9.42. The molecule has 0 saturated carbocycles. The molecule has 31 heavy (non-hydrogen) atoms. The number of thiophene rings is 1. The molecule has 2 aliphatic rings. The van der Waals surface area contributed by atoms with Crippen LogP contribution in [0.3, 0.4) is 0 Å². The highest BCUT2D eigenvalue weighted by Gasteiger charge is 2.36. The molecule has 6 heteroatoms. The third-order valence-corrected chi connectivity index (χ3v) is 7.27. The second kappa shape index (κ2) is 8.06. The Hall–Kier alpha value is -2.18. The first-order chi connectivity index (χ1) is 14.6. The van der Waals surface area contributed by atoms with E-state index in [-0.39, 0.29) is 11.7 Å². The fourth-order valence-electron chi connectivity index (χ4n) is 4.81. The summed E-state index contributed by atoms with van der Waals surface area (Å²) < 4.78 is 6.07. The smallest absolute Gasteiger partial charge is 0.337 e. The predicted molar refractivity (Wildman–Crippen MR) is 124 cm³/mol. The van der Waals surface area contributed by atoms with Gasteiger partial charge in [-0.05, 0) is 83.9 Å². The molecule has 0 aromatic carbocycles. The van der Waals surface area contributed by atoms with Crippen LogP contribution >= 0.6 is 11.3 Å². The summed E-state index contributed by atoms with van der Waals surface area (Å²) >= 11 is 1.72. The summed E-state index contributed by atoms with van der Waals surface area (Å²) in [5.74, 6) is -1.05. The number of rotatable bonds is 4. The van der Waals surface area contributed by atoms with E-state index in [1.165, 1.54) is 16.9 Å². The highest BCUT2D eigenvalue weighted by Crippen LogP contribution is 2.47. The minimum absolute atomic E-state index is 0.281. The minimum Gasteiger partial charge on any atom is -0.512 e. The number of nitrogens with zero attached hydrogens (tertiary/aromatic N) is 1. The van der Waals surface area contributed by atoms with Gasteiger partial charge in [-0.15, -0.1) is 11.3 Å². The number of hydrogen-bond donors (Lipinski definition) is 2. The van der Waals surface area contributed by atoms with Crippen molar-refractivity contribution in [2.24, 2.45) is 0 Å². The number of aryl methyl sites for hydroxylation is 3. The monoisotopic (exact) mass is 441 g/mol. The van der Waals surface area contributed by atoms with Crippen LogP contribution in [0.25, 0.3) is 10.2 Å². The first-order valence-corrected chi connectivity index (χ1v) is 11.8. The molecule has 0 bridgehead atoms. The number of carbonyl (C=O) groups is 1. The minimum atomic E-state index is -1.15. The van der Waals surface area contributed by atoms with E-state index in [4.69, 9.17) is 9.72 Å². The second-order valence-corrected chi connectivity index (χ2v) is 10.8. The molecule has 0 amide bonds. The summed E-state index contributed by atoms with van der Waals surface area (Å²) in [6, 6.07) is 0. The van der Waals surface area contributed by atoms with Gasteiger partial charge in [-0.1, -0.05) is 11.6 Å². The topological polar surface area (TPSA) is 79.7 Å². The van der Waals surface area contributed by atoms with E-state index in [1.54, 1.807) is 17.4 Å². The highest BCUT2D eigenvalue weighted by molar-refractivity contribution is 7.18. The summed E-state index contributed by atoms with van der Waals surface area (Å²) in [5, 5.41) is 22.2. The fraction of sp³-hybridized carbons (Fsp3) is 0.520. The van der Waals surface area contributed by atoms with Crippen molar-refractivity contribution >= 4 is 27.5 Å². The Labute approximate surface area is 187 Å². The molecular weight excluding hydrogens is 410 g/mol. The molecule has 166 valence electrons. The van der Waals surface area contributed by atoms with Crippen molar-refractivity contribution in [3.05, 3.63) is 50.7 Å². The Morgan fingerprint density at radius 1 is 1.26 bits per heavy atom. The van der Waals surface area contributed by atoms with Gasteiger partial charge in [-0.25, -0.2) is 9.78 Å². The van der Waals surface area contributed by atoms with Crippen LogP contribution in [-0.4, -0.2) is 26.8 Å². The zero-order valence-electron chi connectivity index (χ0n) is 18.9. The van der Waals surface area contributed by atoms with Gasteiger partial charge < -0.3 is 14.9 Å². The first kappa shape index (κ1) is 22.0. The number of carboxylic acids is 1. The number of aliphatic hydroxyl groups excluding tert-OH is 1. The Morgan fingerprint density at radius 3 is 2.61 bits per heavy atom. The number of fused-ring (bicyclic) bond motifs is 3. The Kier molecular flexibility index (Phi) is 5.73. The van der Waals surface area contributed by atoms with Gasteiger partial charge in [0.1, 0.15) is 10.6 Å². The molecule has 2 aromatic rings. The van der Waals surface area contributed by atoms with Gasteiger partial charge in [0, 0.05) is 27.4 Å². The molecule has 0 spiro atoms. The van der Waals surface area contributed by atoms with Crippen molar-refractivity contribution < 1.29 is 19.7 Å². The van der Waals surface area contributed by atoms with Gasteiger partial charge in [0.2, 0.25) is 0 Å². The number of ether oxygens (including phenoxy) is 1. The van der Waals surface area contributed by atoms with Crippen LogP contribution in [0, 0.1) is 6.92 Å². The van der Waals surface area contributed by atoms with E-state index in [2.05, 4.69) is 6.08 Å². The van der Waals surface area contributed by atoms with Gasteiger partial charge in [-0.3, -0.25) is 0 Å². The zero-order valence-corrected chi connectivity index (χ0v) is 19.7. The molecular formula is C25H31NO4S. The van der Waals surface area contributed by atoms with Crippen molar-refractivity contribution in [1.82, 2.24) is 4.98 Å². The molecule has 2 atom stereocenters. The SMILES string of the molecule is CC1=CCC(c2c([C@H](OC(C)(C)C)C(=O)O)c(C)nc3sc4c(c23)CCCC4)C(O)=C1. The first-order valence-electron chi connectivity index (χ1n) is 11.0. The van der Waals surface area contributed by atoms with Crippen molar-refractivity contribution in [2.75, 3.05) is 0 Å². The van der Waals surface area contributed by atoms with Gasteiger partial charge in [0.15, 0.2) is 6.10 Å². The number of carboxylic acid groups (broad SMARTS) is 1. The molecule has 2 aliphatic carbocycles.